The van der Waals surface area contributed by atoms with E-state index in [0.29, 0.717) is 11.4 Å². The molecule has 1 saturated carbocycles. The number of imide groups is 1. The van der Waals surface area contributed by atoms with Crippen molar-refractivity contribution in [3.05, 3.63) is 65.9 Å². The average Bonchev–Trinajstić information content (AvgIpc) is 3.37. The second kappa shape index (κ2) is 8.56. The fraction of sp³-hybridized carbons (Fsp3) is 0.393. The van der Waals surface area contributed by atoms with Crippen LogP contribution in [0.2, 0.25) is 0 Å². The van der Waals surface area contributed by atoms with Crippen LogP contribution in [-0.2, 0) is 14.4 Å². The highest BCUT2D eigenvalue weighted by molar-refractivity contribution is 6.10. The summed E-state index contributed by atoms with van der Waals surface area (Å²) in [6, 6.07) is 13.9. The number of benzene rings is 2. The van der Waals surface area contributed by atoms with E-state index < -0.39 is 17.9 Å². The predicted molar refractivity (Wildman–Crippen MR) is 131 cm³/mol. The maximum absolute atomic E-state index is 13.9. The molecular weight excluding hydrogens is 442 g/mol. The summed E-state index contributed by atoms with van der Waals surface area (Å²) in [5.41, 5.74) is 2.65. The Kier molecular flexibility index (Phi) is 5.35. The fourth-order valence-electron chi connectivity index (χ4n) is 6.47. The van der Waals surface area contributed by atoms with Gasteiger partial charge in [0.25, 0.3) is 0 Å². The monoisotopic (exact) mass is 471 g/mol. The molecule has 35 heavy (non-hydrogen) atoms. The molecule has 7 heteroatoms. The molecule has 4 aliphatic rings. The van der Waals surface area contributed by atoms with E-state index in [2.05, 4.69) is 5.32 Å². The molecule has 0 aromatic heterocycles. The summed E-state index contributed by atoms with van der Waals surface area (Å²) >= 11 is 0. The third-order valence-electron chi connectivity index (χ3n) is 8.06. The largest absolute Gasteiger partial charge is 0.497 e. The molecule has 3 fully saturated rings. The van der Waals surface area contributed by atoms with Crippen LogP contribution in [-0.4, -0.2) is 46.7 Å². The van der Waals surface area contributed by atoms with Gasteiger partial charge in [0.15, 0.2) is 0 Å². The van der Waals surface area contributed by atoms with E-state index in [9.17, 15) is 14.4 Å². The summed E-state index contributed by atoms with van der Waals surface area (Å²) in [6.45, 7) is 0. The summed E-state index contributed by atoms with van der Waals surface area (Å²) in [4.78, 5) is 44.9. The van der Waals surface area contributed by atoms with Gasteiger partial charge >= 0.3 is 0 Å². The Hall–Kier alpha value is -3.61. The zero-order valence-electron chi connectivity index (χ0n) is 19.7. The Morgan fingerprint density at radius 2 is 1.66 bits per heavy atom. The van der Waals surface area contributed by atoms with Crippen LogP contribution in [0.15, 0.2) is 54.7 Å². The van der Waals surface area contributed by atoms with Crippen molar-refractivity contribution in [3.8, 4) is 5.75 Å². The topological polar surface area (TPSA) is 79.0 Å². The number of nitrogens with zero attached hydrogens (tertiary/aromatic N) is 2. The van der Waals surface area contributed by atoms with E-state index in [1.54, 1.807) is 31.4 Å². The first-order chi connectivity index (χ1) is 17.1. The van der Waals surface area contributed by atoms with Crippen molar-refractivity contribution < 1.29 is 19.1 Å². The van der Waals surface area contributed by atoms with Crippen molar-refractivity contribution in [1.29, 1.82) is 0 Å². The van der Waals surface area contributed by atoms with E-state index in [1.807, 2.05) is 41.4 Å². The minimum atomic E-state index is -0.762. The van der Waals surface area contributed by atoms with Gasteiger partial charge in [-0.2, -0.15) is 0 Å². The first kappa shape index (κ1) is 21.9. The standard InChI is InChI=1S/C28H29N3O4/c1-35-20-13-11-18(12-14-20)29-26(32)25-23-22(24-21-10-6-5-7-17(21)15-16-30(24)25)27(33)31(28(23)34)19-8-3-2-4-9-19/h5-7,10-16,19,22-25H,2-4,8-9H2,1H3,(H,29,32)/t22-,23+,24+,25+/m0/s1. The van der Waals surface area contributed by atoms with Crippen molar-refractivity contribution in [2.24, 2.45) is 11.8 Å². The summed E-state index contributed by atoms with van der Waals surface area (Å²) < 4.78 is 5.21. The number of likely N-dealkylation sites (tertiary alicyclic amines) is 1. The molecule has 2 saturated heterocycles. The predicted octanol–water partition coefficient (Wildman–Crippen LogP) is 3.98. The van der Waals surface area contributed by atoms with Crippen LogP contribution in [0.5, 0.6) is 5.75 Å². The molecule has 180 valence electrons. The number of carbonyl (C=O) groups is 3. The second-order valence-electron chi connectivity index (χ2n) is 9.89. The van der Waals surface area contributed by atoms with Crippen LogP contribution in [0.1, 0.15) is 49.3 Å². The van der Waals surface area contributed by atoms with Gasteiger partial charge in [0.05, 0.1) is 25.0 Å². The second-order valence-corrected chi connectivity index (χ2v) is 9.89. The molecule has 2 aromatic carbocycles. The number of carbonyl (C=O) groups excluding carboxylic acids is 3. The molecule has 1 N–H and O–H groups in total. The Morgan fingerprint density at radius 3 is 2.40 bits per heavy atom. The molecule has 0 bridgehead atoms. The van der Waals surface area contributed by atoms with Crippen LogP contribution in [0.3, 0.4) is 0 Å². The molecule has 7 nitrogen and oxygen atoms in total. The molecule has 3 heterocycles. The van der Waals surface area contributed by atoms with Crippen molar-refractivity contribution in [2.45, 2.75) is 50.2 Å². The number of fused-ring (bicyclic) bond motifs is 5. The maximum Gasteiger partial charge on any atom is 0.247 e. The lowest BCUT2D eigenvalue weighted by Crippen LogP contribution is -2.49. The molecule has 3 amide bonds. The number of methoxy groups -OCH3 is 1. The van der Waals surface area contributed by atoms with Crippen molar-refractivity contribution >= 4 is 29.5 Å². The van der Waals surface area contributed by atoms with Gasteiger partial charge in [-0.3, -0.25) is 19.3 Å². The van der Waals surface area contributed by atoms with Gasteiger partial charge in [-0.25, -0.2) is 0 Å². The lowest BCUT2D eigenvalue weighted by atomic mass is 9.84. The van der Waals surface area contributed by atoms with Gasteiger partial charge in [-0.15, -0.1) is 0 Å². The lowest BCUT2D eigenvalue weighted by Gasteiger charge is -2.37. The molecular formula is C28H29N3O4. The number of hydrogen-bond donors (Lipinski definition) is 1. The quantitative estimate of drug-likeness (QED) is 0.683. The van der Waals surface area contributed by atoms with Gasteiger partial charge in [0.1, 0.15) is 11.8 Å². The SMILES string of the molecule is COc1ccc(NC(=O)[C@H]2[C@@H]3C(=O)N(C4CCCCC4)C(=O)[C@@H]3[C@H]3c4ccccc4C=CN32)cc1. The Morgan fingerprint density at radius 1 is 0.943 bits per heavy atom. The lowest BCUT2D eigenvalue weighted by molar-refractivity contribution is -0.146. The molecule has 0 spiro atoms. The molecule has 0 radical (unpaired) electrons. The van der Waals surface area contributed by atoms with Crippen LogP contribution >= 0.6 is 0 Å². The van der Waals surface area contributed by atoms with Gasteiger partial charge in [-0.1, -0.05) is 43.5 Å². The van der Waals surface area contributed by atoms with Crippen LogP contribution < -0.4 is 10.1 Å². The van der Waals surface area contributed by atoms with E-state index >= 15 is 0 Å². The molecule has 2 aromatic rings. The van der Waals surface area contributed by atoms with E-state index in [4.69, 9.17) is 4.74 Å². The molecule has 1 aliphatic carbocycles. The normalized spacial score (nSPS) is 27.5. The van der Waals surface area contributed by atoms with Crippen LogP contribution in [0.4, 0.5) is 5.69 Å². The van der Waals surface area contributed by atoms with E-state index in [-0.39, 0.29) is 29.8 Å². The van der Waals surface area contributed by atoms with Crippen molar-refractivity contribution in [1.82, 2.24) is 9.80 Å². The van der Waals surface area contributed by atoms with Crippen molar-refractivity contribution in [2.75, 3.05) is 12.4 Å². The van der Waals surface area contributed by atoms with Gasteiger partial charge in [0.2, 0.25) is 17.7 Å². The number of hydrogen-bond acceptors (Lipinski definition) is 5. The molecule has 4 atom stereocenters. The Bertz CT molecular complexity index is 1200. The Labute approximate surface area is 204 Å². The minimum absolute atomic E-state index is 0.0533. The molecule has 3 aliphatic heterocycles. The highest BCUT2D eigenvalue weighted by Crippen LogP contribution is 2.53. The zero-order chi connectivity index (χ0) is 24.1. The first-order valence-corrected chi connectivity index (χ1v) is 12.4. The summed E-state index contributed by atoms with van der Waals surface area (Å²) in [7, 11) is 1.59. The smallest absolute Gasteiger partial charge is 0.247 e. The summed E-state index contributed by atoms with van der Waals surface area (Å²) in [5.74, 6) is -1.16. The fourth-order valence-corrected chi connectivity index (χ4v) is 6.47. The highest BCUT2D eigenvalue weighted by atomic mass is 16.5. The summed E-state index contributed by atoms with van der Waals surface area (Å²) in [5, 5.41) is 2.98. The minimum Gasteiger partial charge on any atom is -0.497 e. The van der Waals surface area contributed by atoms with E-state index in [0.717, 1.165) is 43.2 Å². The highest BCUT2D eigenvalue weighted by Gasteiger charge is 2.65. The molecule has 0 unspecified atom stereocenters. The number of nitrogens with one attached hydrogen (secondary N) is 1. The zero-order valence-corrected chi connectivity index (χ0v) is 19.7. The number of ether oxygens (including phenoxy) is 1. The third kappa shape index (κ3) is 3.44. The summed E-state index contributed by atoms with van der Waals surface area (Å²) in [6.07, 6.45) is 8.75. The van der Waals surface area contributed by atoms with Gasteiger partial charge < -0.3 is 15.0 Å². The first-order valence-electron chi connectivity index (χ1n) is 12.4. The maximum atomic E-state index is 13.9. The average molecular weight is 472 g/mol. The molecule has 6 rings (SSSR count). The van der Waals surface area contributed by atoms with Crippen LogP contribution in [0, 0.1) is 11.8 Å². The number of rotatable bonds is 4. The van der Waals surface area contributed by atoms with Crippen LogP contribution in [0.25, 0.3) is 6.08 Å². The number of amides is 3. The van der Waals surface area contributed by atoms with Gasteiger partial charge in [0, 0.05) is 17.9 Å². The van der Waals surface area contributed by atoms with E-state index in [1.165, 1.54) is 4.90 Å². The van der Waals surface area contributed by atoms with Crippen molar-refractivity contribution in [3.63, 3.8) is 0 Å². The third-order valence-corrected chi connectivity index (χ3v) is 8.06. The van der Waals surface area contributed by atoms with Gasteiger partial charge in [-0.05, 0) is 54.3 Å². The Balaban J connectivity index is 1.38. The number of anilines is 1.